The standard InChI is InChI=1S/C23H21N3O3/c1-2-28-21-12-7-9-16-19-14-18(15-8-3-4-11-20(15)27)25-26(19)23(29-22(16)21)17-10-5-6-13-24-17/h3-13,19,23,27H,2,14H2,1H3/t19-,23+/m0/s1. The Balaban J connectivity index is 1.63. The highest BCUT2D eigenvalue weighted by Gasteiger charge is 2.42. The maximum atomic E-state index is 10.3. The molecule has 2 aliphatic rings. The van der Waals surface area contributed by atoms with Gasteiger partial charge in [-0.15, -0.1) is 0 Å². The van der Waals surface area contributed by atoms with Gasteiger partial charge >= 0.3 is 0 Å². The monoisotopic (exact) mass is 387 g/mol. The van der Waals surface area contributed by atoms with Crippen molar-refractivity contribution in [3.05, 3.63) is 83.7 Å². The van der Waals surface area contributed by atoms with Crippen LogP contribution in [0.1, 0.15) is 42.4 Å². The van der Waals surface area contributed by atoms with Crippen molar-refractivity contribution in [1.29, 1.82) is 0 Å². The SMILES string of the molecule is CCOc1cccc2c1O[C@H](c1ccccn1)N1N=C(c3ccccc3O)C[C@@H]21. The van der Waals surface area contributed by atoms with Gasteiger partial charge in [-0.1, -0.05) is 30.3 Å². The second kappa shape index (κ2) is 7.13. The Kier molecular flexibility index (Phi) is 4.31. The van der Waals surface area contributed by atoms with Gasteiger partial charge in [0.25, 0.3) is 0 Å². The predicted molar refractivity (Wildman–Crippen MR) is 109 cm³/mol. The van der Waals surface area contributed by atoms with E-state index in [1.807, 2.05) is 66.5 Å². The van der Waals surface area contributed by atoms with Crippen molar-refractivity contribution in [2.45, 2.75) is 25.6 Å². The number of benzene rings is 2. The molecular formula is C23H21N3O3. The molecule has 2 aliphatic heterocycles. The molecular weight excluding hydrogens is 366 g/mol. The molecule has 2 aromatic carbocycles. The Morgan fingerprint density at radius 1 is 1.10 bits per heavy atom. The Bertz CT molecular complexity index is 1070. The zero-order valence-corrected chi connectivity index (χ0v) is 16.0. The van der Waals surface area contributed by atoms with Crippen LogP contribution in [-0.4, -0.2) is 27.4 Å². The third kappa shape index (κ3) is 2.97. The summed E-state index contributed by atoms with van der Waals surface area (Å²) in [5, 5.41) is 17.1. The smallest absolute Gasteiger partial charge is 0.230 e. The second-order valence-electron chi connectivity index (χ2n) is 7.00. The number of hydrogen-bond acceptors (Lipinski definition) is 6. The van der Waals surface area contributed by atoms with Gasteiger partial charge in [-0.2, -0.15) is 5.10 Å². The minimum absolute atomic E-state index is 0.0271. The van der Waals surface area contributed by atoms with E-state index >= 15 is 0 Å². The average molecular weight is 387 g/mol. The molecule has 0 saturated carbocycles. The number of hydrogen-bond donors (Lipinski definition) is 1. The second-order valence-corrected chi connectivity index (χ2v) is 7.00. The molecule has 1 N–H and O–H groups in total. The summed E-state index contributed by atoms with van der Waals surface area (Å²) < 4.78 is 12.2. The lowest BCUT2D eigenvalue weighted by atomic mass is 9.95. The Labute approximate surface area is 169 Å². The third-order valence-corrected chi connectivity index (χ3v) is 5.24. The van der Waals surface area contributed by atoms with Gasteiger partial charge in [-0.05, 0) is 37.3 Å². The van der Waals surface area contributed by atoms with Gasteiger partial charge in [-0.25, -0.2) is 5.01 Å². The van der Waals surface area contributed by atoms with Crippen LogP contribution >= 0.6 is 0 Å². The quantitative estimate of drug-likeness (QED) is 0.717. The van der Waals surface area contributed by atoms with Crippen LogP contribution < -0.4 is 9.47 Å². The van der Waals surface area contributed by atoms with E-state index in [1.165, 1.54) is 0 Å². The first-order valence-corrected chi connectivity index (χ1v) is 9.73. The summed E-state index contributed by atoms with van der Waals surface area (Å²) in [6.45, 7) is 2.52. The number of ether oxygens (including phenoxy) is 2. The number of rotatable bonds is 4. The van der Waals surface area contributed by atoms with Gasteiger partial charge in [-0.3, -0.25) is 4.98 Å². The van der Waals surface area contributed by atoms with E-state index in [9.17, 15) is 5.11 Å². The number of phenolic OH excluding ortho intramolecular Hbond substituents is 1. The average Bonchev–Trinajstić information content (AvgIpc) is 3.20. The summed E-state index contributed by atoms with van der Waals surface area (Å²) in [4.78, 5) is 4.50. The summed E-state index contributed by atoms with van der Waals surface area (Å²) in [6.07, 6.45) is 1.94. The molecule has 3 heterocycles. The van der Waals surface area contributed by atoms with Crippen LogP contribution in [0.4, 0.5) is 0 Å². The van der Waals surface area contributed by atoms with Gasteiger partial charge in [0.05, 0.1) is 18.4 Å². The van der Waals surface area contributed by atoms with Crippen molar-refractivity contribution in [1.82, 2.24) is 9.99 Å². The first-order chi connectivity index (χ1) is 14.3. The molecule has 29 heavy (non-hydrogen) atoms. The minimum Gasteiger partial charge on any atom is -0.507 e. The van der Waals surface area contributed by atoms with Crippen LogP contribution in [0.3, 0.4) is 0 Å². The molecule has 0 aliphatic carbocycles. The van der Waals surface area contributed by atoms with E-state index in [1.54, 1.807) is 12.3 Å². The van der Waals surface area contributed by atoms with E-state index in [0.717, 1.165) is 34.0 Å². The number of para-hydroxylation sites is 2. The molecule has 146 valence electrons. The van der Waals surface area contributed by atoms with E-state index in [0.29, 0.717) is 13.0 Å². The summed E-state index contributed by atoms with van der Waals surface area (Å²) in [7, 11) is 0. The van der Waals surface area contributed by atoms with Gasteiger partial charge in [0.2, 0.25) is 6.23 Å². The van der Waals surface area contributed by atoms with E-state index in [2.05, 4.69) is 4.98 Å². The Morgan fingerprint density at radius 3 is 2.76 bits per heavy atom. The number of nitrogens with zero attached hydrogens (tertiary/aromatic N) is 3. The summed E-state index contributed by atoms with van der Waals surface area (Å²) in [6, 6.07) is 19.0. The molecule has 0 saturated heterocycles. The normalized spacial score (nSPS) is 19.8. The van der Waals surface area contributed by atoms with Gasteiger partial charge in [0, 0.05) is 23.7 Å². The van der Waals surface area contributed by atoms with Gasteiger partial charge in [0.15, 0.2) is 11.5 Å². The van der Waals surface area contributed by atoms with Crippen LogP contribution in [0, 0.1) is 0 Å². The third-order valence-electron chi connectivity index (χ3n) is 5.24. The summed E-state index contributed by atoms with van der Waals surface area (Å²) in [5.41, 5.74) is 3.37. The number of aromatic nitrogens is 1. The Hall–Kier alpha value is -3.54. The highest BCUT2D eigenvalue weighted by molar-refractivity contribution is 6.04. The zero-order valence-electron chi connectivity index (χ0n) is 16.0. The minimum atomic E-state index is -0.473. The molecule has 0 bridgehead atoms. The Morgan fingerprint density at radius 2 is 1.97 bits per heavy atom. The predicted octanol–water partition coefficient (Wildman–Crippen LogP) is 4.43. The molecule has 0 radical (unpaired) electrons. The molecule has 6 heteroatoms. The lowest BCUT2D eigenvalue weighted by molar-refractivity contribution is -0.0240. The number of pyridine rings is 1. The van der Waals surface area contributed by atoms with Crippen LogP contribution in [0.15, 0.2) is 72.0 Å². The number of fused-ring (bicyclic) bond motifs is 3. The van der Waals surface area contributed by atoms with Crippen LogP contribution in [-0.2, 0) is 0 Å². The molecule has 2 atom stereocenters. The maximum absolute atomic E-state index is 10.3. The molecule has 5 rings (SSSR count). The fourth-order valence-electron chi connectivity index (χ4n) is 3.95. The van der Waals surface area contributed by atoms with Crippen molar-refractivity contribution in [2.75, 3.05) is 6.61 Å². The highest BCUT2D eigenvalue weighted by atomic mass is 16.5. The van der Waals surface area contributed by atoms with Crippen LogP contribution in [0.5, 0.6) is 17.2 Å². The van der Waals surface area contributed by atoms with Crippen molar-refractivity contribution in [2.24, 2.45) is 5.10 Å². The number of hydrazone groups is 1. The lowest BCUT2D eigenvalue weighted by Gasteiger charge is -2.38. The molecule has 0 unspecified atom stereocenters. The van der Waals surface area contributed by atoms with E-state index in [-0.39, 0.29) is 11.8 Å². The molecule has 1 aromatic heterocycles. The van der Waals surface area contributed by atoms with Crippen LogP contribution in [0.25, 0.3) is 0 Å². The van der Waals surface area contributed by atoms with Crippen molar-refractivity contribution >= 4 is 5.71 Å². The topological polar surface area (TPSA) is 67.2 Å². The fourth-order valence-corrected chi connectivity index (χ4v) is 3.95. The lowest BCUT2D eigenvalue weighted by Crippen LogP contribution is -2.34. The molecule has 6 nitrogen and oxygen atoms in total. The number of aromatic hydroxyl groups is 1. The largest absolute Gasteiger partial charge is 0.507 e. The van der Waals surface area contributed by atoms with Gasteiger partial charge < -0.3 is 14.6 Å². The fraction of sp³-hybridized carbons (Fsp3) is 0.217. The first-order valence-electron chi connectivity index (χ1n) is 9.73. The van der Waals surface area contributed by atoms with E-state index in [4.69, 9.17) is 14.6 Å². The zero-order chi connectivity index (χ0) is 19.8. The van der Waals surface area contributed by atoms with E-state index < -0.39 is 6.23 Å². The van der Waals surface area contributed by atoms with Crippen molar-refractivity contribution in [3.8, 4) is 17.2 Å². The van der Waals surface area contributed by atoms with Crippen LogP contribution in [0.2, 0.25) is 0 Å². The summed E-state index contributed by atoms with van der Waals surface area (Å²) in [5.74, 6) is 1.69. The molecule has 0 fully saturated rings. The maximum Gasteiger partial charge on any atom is 0.230 e. The van der Waals surface area contributed by atoms with Crippen molar-refractivity contribution < 1.29 is 14.6 Å². The summed E-state index contributed by atoms with van der Waals surface area (Å²) >= 11 is 0. The highest BCUT2D eigenvalue weighted by Crippen LogP contribution is 2.50. The molecule has 3 aromatic rings. The number of phenols is 1. The van der Waals surface area contributed by atoms with Crippen molar-refractivity contribution in [3.63, 3.8) is 0 Å². The van der Waals surface area contributed by atoms with Gasteiger partial charge in [0.1, 0.15) is 11.4 Å². The molecule has 0 amide bonds. The molecule has 0 spiro atoms. The first kappa shape index (κ1) is 17.6.